The Bertz CT molecular complexity index is 578. The number of rotatable bonds is 3. The molecule has 0 saturated carbocycles. The highest BCUT2D eigenvalue weighted by Gasteiger charge is 2.31. The second kappa shape index (κ2) is 5.21. The molecule has 102 valence electrons. The van der Waals surface area contributed by atoms with Gasteiger partial charge in [-0.2, -0.15) is 18.3 Å². The van der Waals surface area contributed by atoms with E-state index in [1.807, 2.05) is 6.92 Å². The summed E-state index contributed by atoms with van der Waals surface area (Å²) in [5.41, 5.74) is -0.118. The molecule has 0 atom stereocenters. The zero-order chi connectivity index (χ0) is 14.0. The smallest absolute Gasteiger partial charge is 0.263 e. The van der Waals surface area contributed by atoms with Gasteiger partial charge in [-0.15, -0.1) is 0 Å². The number of hydrogen-bond acceptors (Lipinski definition) is 2. The highest BCUT2D eigenvalue weighted by molar-refractivity contribution is 6.29. The van der Waals surface area contributed by atoms with Crippen LogP contribution in [0.1, 0.15) is 18.9 Å². The molecule has 0 unspecified atom stereocenters. The van der Waals surface area contributed by atoms with E-state index in [4.69, 9.17) is 11.6 Å². The average molecular weight is 290 g/mol. The van der Waals surface area contributed by atoms with Crippen LogP contribution in [0.3, 0.4) is 0 Å². The van der Waals surface area contributed by atoms with Crippen molar-refractivity contribution in [2.24, 2.45) is 0 Å². The van der Waals surface area contributed by atoms with Gasteiger partial charge in [0.25, 0.3) is 0 Å². The van der Waals surface area contributed by atoms with Gasteiger partial charge in [-0.1, -0.05) is 18.5 Å². The summed E-state index contributed by atoms with van der Waals surface area (Å²) in [5, 5.41) is 3.87. The van der Waals surface area contributed by atoms with E-state index in [1.54, 1.807) is 10.7 Å². The maximum Gasteiger partial charge on any atom is 0.416 e. The van der Waals surface area contributed by atoms with Gasteiger partial charge >= 0.3 is 6.18 Å². The predicted molar refractivity (Wildman–Crippen MR) is 65.8 cm³/mol. The monoisotopic (exact) mass is 289 g/mol. The van der Waals surface area contributed by atoms with Crippen LogP contribution >= 0.6 is 11.6 Å². The Labute approximate surface area is 113 Å². The van der Waals surface area contributed by atoms with Crippen molar-refractivity contribution < 1.29 is 13.2 Å². The summed E-state index contributed by atoms with van der Waals surface area (Å²) in [5.74, 6) is 0. The Morgan fingerprint density at radius 3 is 2.68 bits per heavy atom. The van der Waals surface area contributed by atoms with Crippen LogP contribution in [0.25, 0.3) is 11.4 Å². The summed E-state index contributed by atoms with van der Waals surface area (Å²) in [4.78, 5) is 3.94. The van der Waals surface area contributed by atoms with Crippen LogP contribution in [-0.2, 0) is 12.7 Å². The first-order chi connectivity index (χ1) is 8.91. The summed E-state index contributed by atoms with van der Waals surface area (Å²) in [6, 6.07) is 3.41. The molecule has 3 nitrogen and oxygen atoms in total. The molecule has 0 aliphatic rings. The van der Waals surface area contributed by atoms with Crippen LogP contribution in [0.5, 0.6) is 0 Å². The fraction of sp³-hybridized carbons (Fsp3) is 0.333. The van der Waals surface area contributed by atoms with E-state index < -0.39 is 11.7 Å². The number of nitrogens with zero attached hydrogens (tertiary/aromatic N) is 3. The molecule has 0 bridgehead atoms. The Morgan fingerprint density at radius 2 is 2.05 bits per heavy atom. The Kier molecular flexibility index (Phi) is 3.80. The van der Waals surface area contributed by atoms with E-state index in [1.165, 1.54) is 6.20 Å². The molecule has 0 aliphatic carbocycles. The molecule has 2 heterocycles. The minimum Gasteiger partial charge on any atom is -0.263 e. The Hall–Kier alpha value is -1.56. The van der Waals surface area contributed by atoms with Crippen LogP contribution in [0.4, 0.5) is 13.2 Å². The molecule has 2 aromatic rings. The minimum atomic E-state index is -4.45. The zero-order valence-electron chi connectivity index (χ0n) is 10.1. The SMILES string of the molecule is CCCn1nccc1-c1cc(C(F)(F)F)cc(Cl)n1. The van der Waals surface area contributed by atoms with Crippen molar-refractivity contribution in [2.75, 3.05) is 0 Å². The summed E-state index contributed by atoms with van der Waals surface area (Å²) >= 11 is 5.66. The van der Waals surface area contributed by atoms with Crippen molar-refractivity contribution in [3.63, 3.8) is 0 Å². The summed E-state index contributed by atoms with van der Waals surface area (Å²) in [6.07, 6.45) is -2.10. The van der Waals surface area contributed by atoms with Crippen molar-refractivity contribution in [1.29, 1.82) is 0 Å². The predicted octanol–water partition coefficient (Wildman–Crippen LogP) is 4.03. The van der Waals surface area contributed by atoms with Crippen molar-refractivity contribution in [3.8, 4) is 11.4 Å². The molecule has 19 heavy (non-hydrogen) atoms. The first kappa shape index (κ1) is 13.9. The molecular formula is C12H11ClF3N3. The zero-order valence-corrected chi connectivity index (χ0v) is 10.8. The molecule has 0 aromatic carbocycles. The highest BCUT2D eigenvalue weighted by atomic mass is 35.5. The van der Waals surface area contributed by atoms with Gasteiger partial charge in [0, 0.05) is 12.7 Å². The van der Waals surface area contributed by atoms with Crippen molar-refractivity contribution in [3.05, 3.63) is 35.1 Å². The summed E-state index contributed by atoms with van der Waals surface area (Å²) < 4.78 is 39.8. The van der Waals surface area contributed by atoms with Crippen LogP contribution in [0, 0.1) is 0 Å². The molecule has 0 aliphatic heterocycles. The normalized spacial score (nSPS) is 11.8. The van der Waals surface area contributed by atoms with Gasteiger partial charge in [0.15, 0.2) is 0 Å². The number of pyridine rings is 1. The van der Waals surface area contributed by atoms with E-state index >= 15 is 0 Å². The molecular weight excluding hydrogens is 279 g/mol. The number of halogens is 4. The van der Waals surface area contributed by atoms with Crippen LogP contribution in [0.15, 0.2) is 24.4 Å². The van der Waals surface area contributed by atoms with E-state index in [9.17, 15) is 13.2 Å². The number of alkyl halides is 3. The third kappa shape index (κ3) is 3.07. The van der Waals surface area contributed by atoms with E-state index in [0.717, 1.165) is 18.6 Å². The number of aromatic nitrogens is 3. The molecule has 2 rings (SSSR count). The van der Waals surface area contributed by atoms with E-state index in [-0.39, 0.29) is 10.8 Å². The van der Waals surface area contributed by atoms with Crippen LogP contribution in [0.2, 0.25) is 5.15 Å². The molecule has 0 amide bonds. The van der Waals surface area contributed by atoms with Gasteiger partial charge in [-0.25, -0.2) is 4.98 Å². The van der Waals surface area contributed by atoms with E-state index in [0.29, 0.717) is 12.2 Å². The molecule has 0 fully saturated rings. The maximum atomic E-state index is 12.7. The minimum absolute atomic E-state index is 0.172. The lowest BCUT2D eigenvalue weighted by Crippen LogP contribution is -2.07. The molecule has 2 aromatic heterocycles. The van der Waals surface area contributed by atoms with Crippen molar-refractivity contribution in [1.82, 2.24) is 14.8 Å². The Balaban J connectivity index is 2.50. The summed E-state index contributed by atoms with van der Waals surface area (Å²) in [7, 11) is 0. The topological polar surface area (TPSA) is 30.7 Å². The molecule has 0 radical (unpaired) electrons. The van der Waals surface area contributed by atoms with Crippen LogP contribution < -0.4 is 0 Å². The number of aryl methyl sites for hydroxylation is 1. The fourth-order valence-corrected chi connectivity index (χ4v) is 1.94. The fourth-order valence-electron chi connectivity index (χ4n) is 1.73. The maximum absolute atomic E-state index is 12.7. The standard InChI is InChI=1S/C12H11ClF3N3/c1-2-5-19-10(3-4-17-19)9-6-8(12(14,15)16)7-11(13)18-9/h3-4,6-7H,2,5H2,1H3. The quantitative estimate of drug-likeness (QED) is 0.799. The molecule has 0 spiro atoms. The van der Waals surface area contributed by atoms with Crippen molar-refractivity contribution in [2.45, 2.75) is 26.1 Å². The van der Waals surface area contributed by atoms with Gasteiger partial charge < -0.3 is 0 Å². The molecule has 0 N–H and O–H groups in total. The average Bonchev–Trinajstić information content (AvgIpc) is 2.76. The number of hydrogen-bond donors (Lipinski definition) is 0. The second-order valence-electron chi connectivity index (χ2n) is 4.00. The lowest BCUT2D eigenvalue weighted by molar-refractivity contribution is -0.137. The van der Waals surface area contributed by atoms with Gasteiger partial charge in [-0.05, 0) is 24.6 Å². The third-order valence-electron chi connectivity index (χ3n) is 2.54. The summed E-state index contributed by atoms with van der Waals surface area (Å²) in [6.45, 7) is 2.57. The van der Waals surface area contributed by atoms with E-state index in [2.05, 4.69) is 10.1 Å². The van der Waals surface area contributed by atoms with Crippen molar-refractivity contribution >= 4 is 11.6 Å². The highest BCUT2D eigenvalue weighted by Crippen LogP contribution is 2.33. The first-order valence-electron chi connectivity index (χ1n) is 5.68. The van der Waals surface area contributed by atoms with Gasteiger partial charge in [0.05, 0.1) is 17.0 Å². The largest absolute Gasteiger partial charge is 0.416 e. The lowest BCUT2D eigenvalue weighted by atomic mass is 10.2. The lowest BCUT2D eigenvalue weighted by Gasteiger charge is -2.10. The van der Waals surface area contributed by atoms with Gasteiger partial charge in [0.1, 0.15) is 5.15 Å². The molecule has 7 heteroatoms. The van der Waals surface area contributed by atoms with Gasteiger partial charge in [0.2, 0.25) is 0 Å². The van der Waals surface area contributed by atoms with Crippen LogP contribution in [-0.4, -0.2) is 14.8 Å². The third-order valence-corrected chi connectivity index (χ3v) is 2.73. The first-order valence-corrected chi connectivity index (χ1v) is 6.06. The Morgan fingerprint density at radius 1 is 1.32 bits per heavy atom. The van der Waals surface area contributed by atoms with Gasteiger partial charge in [-0.3, -0.25) is 4.68 Å². The molecule has 0 saturated heterocycles. The second-order valence-corrected chi connectivity index (χ2v) is 4.39.